The van der Waals surface area contributed by atoms with Crippen molar-refractivity contribution in [2.24, 2.45) is 0 Å². The molecule has 0 unspecified atom stereocenters. The SMILES string of the molecule is COc1ccc(CN(Cc2nc3ccccc3o2)C2CC2)c(OC)c1. The molecule has 1 aliphatic rings. The van der Waals surface area contributed by atoms with E-state index >= 15 is 0 Å². The number of hydrogen-bond donors (Lipinski definition) is 0. The van der Waals surface area contributed by atoms with Gasteiger partial charge >= 0.3 is 0 Å². The second-order valence-corrected chi connectivity index (χ2v) is 6.39. The molecule has 0 amide bonds. The number of aromatic nitrogens is 1. The second kappa shape index (κ2) is 6.76. The molecule has 0 aliphatic heterocycles. The highest BCUT2D eigenvalue weighted by Gasteiger charge is 2.30. The number of hydrogen-bond acceptors (Lipinski definition) is 5. The number of methoxy groups -OCH3 is 2. The fourth-order valence-electron chi connectivity index (χ4n) is 3.12. The van der Waals surface area contributed by atoms with Crippen LogP contribution >= 0.6 is 0 Å². The molecule has 1 fully saturated rings. The molecule has 1 aromatic heterocycles. The summed E-state index contributed by atoms with van der Waals surface area (Å²) in [6.45, 7) is 1.51. The molecule has 130 valence electrons. The van der Waals surface area contributed by atoms with Gasteiger partial charge in [-0.2, -0.15) is 0 Å². The van der Waals surface area contributed by atoms with Crippen LogP contribution in [0.5, 0.6) is 11.5 Å². The van der Waals surface area contributed by atoms with E-state index in [4.69, 9.17) is 13.9 Å². The largest absolute Gasteiger partial charge is 0.497 e. The average Bonchev–Trinajstić information content (AvgIpc) is 3.41. The molecule has 4 rings (SSSR count). The molecule has 0 N–H and O–H groups in total. The molecule has 1 heterocycles. The highest BCUT2D eigenvalue weighted by atomic mass is 16.5. The molecule has 2 aromatic carbocycles. The second-order valence-electron chi connectivity index (χ2n) is 6.39. The zero-order chi connectivity index (χ0) is 17.2. The topological polar surface area (TPSA) is 47.7 Å². The summed E-state index contributed by atoms with van der Waals surface area (Å²) in [4.78, 5) is 7.03. The molecule has 0 bridgehead atoms. The summed E-state index contributed by atoms with van der Waals surface area (Å²) in [6, 6.07) is 14.5. The van der Waals surface area contributed by atoms with Gasteiger partial charge in [0.2, 0.25) is 5.89 Å². The lowest BCUT2D eigenvalue weighted by Gasteiger charge is -2.21. The Morgan fingerprint density at radius 3 is 2.64 bits per heavy atom. The maximum absolute atomic E-state index is 5.90. The minimum atomic E-state index is 0.585. The van der Waals surface area contributed by atoms with Gasteiger partial charge in [-0.1, -0.05) is 18.2 Å². The Kier molecular flexibility index (Phi) is 4.32. The summed E-state index contributed by atoms with van der Waals surface area (Å²) in [5.74, 6) is 2.42. The van der Waals surface area contributed by atoms with Crippen LogP contribution in [-0.2, 0) is 13.1 Å². The van der Waals surface area contributed by atoms with Crippen molar-refractivity contribution in [3.05, 3.63) is 53.9 Å². The number of oxazole rings is 1. The summed E-state index contributed by atoms with van der Waals surface area (Å²) < 4.78 is 16.7. The molecule has 0 saturated heterocycles. The van der Waals surface area contributed by atoms with Gasteiger partial charge in [-0.15, -0.1) is 0 Å². The van der Waals surface area contributed by atoms with Crippen LogP contribution in [0.15, 0.2) is 46.9 Å². The van der Waals surface area contributed by atoms with Gasteiger partial charge in [0.05, 0.1) is 20.8 Å². The Labute approximate surface area is 147 Å². The minimum absolute atomic E-state index is 0.585. The predicted molar refractivity (Wildman–Crippen MR) is 95.8 cm³/mol. The quantitative estimate of drug-likeness (QED) is 0.651. The Hall–Kier alpha value is -2.53. The van der Waals surface area contributed by atoms with E-state index in [1.54, 1.807) is 14.2 Å². The van der Waals surface area contributed by atoms with E-state index in [-0.39, 0.29) is 0 Å². The molecule has 25 heavy (non-hydrogen) atoms. The Morgan fingerprint density at radius 2 is 1.92 bits per heavy atom. The number of nitrogens with zero attached hydrogens (tertiary/aromatic N) is 2. The Morgan fingerprint density at radius 1 is 1.08 bits per heavy atom. The number of fused-ring (bicyclic) bond motifs is 1. The first-order chi connectivity index (χ1) is 12.3. The van der Waals surface area contributed by atoms with Crippen LogP contribution in [0.2, 0.25) is 0 Å². The van der Waals surface area contributed by atoms with Gasteiger partial charge in [-0.25, -0.2) is 4.98 Å². The number of para-hydroxylation sites is 2. The van der Waals surface area contributed by atoms with Crippen LogP contribution in [0.3, 0.4) is 0 Å². The van der Waals surface area contributed by atoms with E-state index in [1.165, 1.54) is 12.8 Å². The van der Waals surface area contributed by atoms with Gasteiger partial charge in [0.15, 0.2) is 5.58 Å². The first-order valence-electron chi connectivity index (χ1n) is 8.56. The van der Waals surface area contributed by atoms with Gasteiger partial charge in [0.25, 0.3) is 0 Å². The fourth-order valence-corrected chi connectivity index (χ4v) is 3.12. The summed E-state index contributed by atoms with van der Waals surface area (Å²) in [5, 5.41) is 0. The molecular formula is C20H22N2O3. The zero-order valence-electron chi connectivity index (χ0n) is 14.6. The third kappa shape index (κ3) is 3.46. The molecule has 0 radical (unpaired) electrons. The molecule has 0 spiro atoms. The van der Waals surface area contributed by atoms with E-state index in [2.05, 4.69) is 16.0 Å². The lowest BCUT2D eigenvalue weighted by molar-refractivity contribution is 0.219. The molecule has 1 aliphatic carbocycles. The summed E-state index contributed by atoms with van der Waals surface area (Å²) in [6.07, 6.45) is 2.44. The van der Waals surface area contributed by atoms with E-state index < -0.39 is 0 Å². The number of ether oxygens (including phenoxy) is 2. The summed E-state index contributed by atoms with van der Waals surface area (Å²) in [5.41, 5.74) is 2.90. The van der Waals surface area contributed by atoms with Gasteiger partial charge < -0.3 is 13.9 Å². The molecule has 1 saturated carbocycles. The van der Waals surface area contributed by atoms with Crippen molar-refractivity contribution in [1.29, 1.82) is 0 Å². The van der Waals surface area contributed by atoms with Gasteiger partial charge in [0.1, 0.15) is 17.0 Å². The molecule has 5 nitrogen and oxygen atoms in total. The highest BCUT2D eigenvalue weighted by molar-refractivity contribution is 5.72. The lowest BCUT2D eigenvalue weighted by Crippen LogP contribution is -2.25. The van der Waals surface area contributed by atoms with E-state index in [0.717, 1.165) is 40.6 Å². The van der Waals surface area contributed by atoms with Gasteiger partial charge in [-0.3, -0.25) is 4.90 Å². The molecule has 3 aromatic rings. The van der Waals surface area contributed by atoms with Crippen molar-refractivity contribution in [1.82, 2.24) is 9.88 Å². The fraction of sp³-hybridized carbons (Fsp3) is 0.350. The minimum Gasteiger partial charge on any atom is -0.497 e. The third-order valence-electron chi connectivity index (χ3n) is 4.61. The Balaban J connectivity index is 1.55. The normalized spacial score (nSPS) is 14.2. The first-order valence-corrected chi connectivity index (χ1v) is 8.56. The monoisotopic (exact) mass is 338 g/mol. The van der Waals surface area contributed by atoms with Crippen molar-refractivity contribution in [3.8, 4) is 11.5 Å². The van der Waals surface area contributed by atoms with Gasteiger partial charge in [-0.05, 0) is 31.0 Å². The van der Waals surface area contributed by atoms with Crippen LogP contribution in [0.1, 0.15) is 24.3 Å². The number of rotatable bonds is 7. The summed E-state index contributed by atoms with van der Waals surface area (Å²) in [7, 11) is 3.36. The lowest BCUT2D eigenvalue weighted by atomic mass is 10.1. The number of benzene rings is 2. The Bertz CT molecular complexity index is 837. The molecule has 5 heteroatoms. The van der Waals surface area contributed by atoms with Crippen LogP contribution in [0.25, 0.3) is 11.1 Å². The van der Waals surface area contributed by atoms with E-state index in [1.807, 2.05) is 36.4 Å². The highest BCUT2D eigenvalue weighted by Crippen LogP contribution is 2.33. The van der Waals surface area contributed by atoms with Gasteiger partial charge in [0, 0.05) is 24.2 Å². The first kappa shape index (κ1) is 16.0. The van der Waals surface area contributed by atoms with Crippen LogP contribution in [0, 0.1) is 0 Å². The third-order valence-corrected chi connectivity index (χ3v) is 4.61. The summed E-state index contributed by atoms with van der Waals surface area (Å²) >= 11 is 0. The van der Waals surface area contributed by atoms with Crippen molar-refractivity contribution in [2.75, 3.05) is 14.2 Å². The smallest absolute Gasteiger partial charge is 0.209 e. The zero-order valence-corrected chi connectivity index (χ0v) is 14.6. The van der Waals surface area contributed by atoms with Crippen molar-refractivity contribution < 1.29 is 13.9 Å². The standard InChI is InChI=1S/C20H22N2O3/c1-23-16-10-7-14(19(11-16)24-2)12-22(15-8-9-15)13-20-21-17-5-3-4-6-18(17)25-20/h3-7,10-11,15H,8-9,12-13H2,1-2H3. The molecular weight excluding hydrogens is 316 g/mol. The van der Waals surface area contributed by atoms with Crippen LogP contribution < -0.4 is 9.47 Å². The van der Waals surface area contributed by atoms with Crippen LogP contribution in [-0.4, -0.2) is 30.1 Å². The maximum atomic E-state index is 5.90. The van der Waals surface area contributed by atoms with E-state index in [9.17, 15) is 0 Å². The maximum Gasteiger partial charge on any atom is 0.209 e. The van der Waals surface area contributed by atoms with Crippen molar-refractivity contribution in [3.63, 3.8) is 0 Å². The molecule has 0 atom stereocenters. The average molecular weight is 338 g/mol. The van der Waals surface area contributed by atoms with E-state index in [0.29, 0.717) is 12.6 Å². The predicted octanol–water partition coefficient (Wildman–Crippen LogP) is 4.01. The van der Waals surface area contributed by atoms with Crippen LogP contribution in [0.4, 0.5) is 0 Å². The van der Waals surface area contributed by atoms with Crippen molar-refractivity contribution >= 4 is 11.1 Å². The van der Waals surface area contributed by atoms with Crippen molar-refractivity contribution in [2.45, 2.75) is 32.0 Å².